The van der Waals surface area contributed by atoms with E-state index in [0.29, 0.717) is 11.6 Å². The van der Waals surface area contributed by atoms with E-state index in [4.69, 9.17) is 11.6 Å². The molecule has 2 N–H and O–H groups in total. The molecule has 3 rings (SSSR count). The number of nitrogens with one attached hydrogen (secondary N) is 2. The Balaban J connectivity index is 1.81. The van der Waals surface area contributed by atoms with Crippen LogP contribution in [-0.4, -0.2) is 24.9 Å². The molecule has 0 aliphatic heterocycles. The molecule has 86 valence electrons. The molecule has 0 bridgehead atoms. The van der Waals surface area contributed by atoms with Gasteiger partial charge in [0.2, 0.25) is 0 Å². The Hall–Kier alpha value is -1.66. The molecule has 0 aromatic carbocycles. The molecular weight excluding hydrogens is 258 g/mol. The highest BCUT2D eigenvalue weighted by Gasteiger charge is 2.07. The summed E-state index contributed by atoms with van der Waals surface area (Å²) in [5, 5.41) is 3.32. The van der Waals surface area contributed by atoms with Crippen molar-refractivity contribution in [1.29, 1.82) is 0 Å². The number of aromatic amines is 2. The second kappa shape index (κ2) is 4.31. The average Bonchev–Trinajstić information content (AvgIpc) is 3.00. The first-order valence-corrected chi connectivity index (χ1v) is 6.20. The largest absolute Gasteiger partial charge is 0.342 e. The molecule has 0 saturated heterocycles. The molecule has 3 aromatic heterocycles. The molecular formula is C10H8ClN5S. The van der Waals surface area contributed by atoms with Crippen LogP contribution in [0.1, 0.15) is 10.7 Å². The second-order valence-electron chi connectivity index (χ2n) is 3.44. The molecule has 0 fully saturated rings. The Kier molecular flexibility index (Phi) is 2.66. The highest BCUT2D eigenvalue weighted by Crippen LogP contribution is 2.18. The number of rotatable bonds is 3. The van der Waals surface area contributed by atoms with Crippen LogP contribution in [0.2, 0.25) is 5.15 Å². The van der Waals surface area contributed by atoms with Gasteiger partial charge in [0, 0.05) is 36.1 Å². The lowest BCUT2D eigenvalue weighted by Gasteiger charge is -1.92. The van der Waals surface area contributed by atoms with E-state index in [9.17, 15) is 0 Å². The van der Waals surface area contributed by atoms with Crippen LogP contribution in [-0.2, 0) is 6.42 Å². The summed E-state index contributed by atoms with van der Waals surface area (Å²) in [5.41, 5.74) is 0.988. The molecule has 0 radical (unpaired) electrons. The predicted molar refractivity (Wildman–Crippen MR) is 66.1 cm³/mol. The number of thiazole rings is 1. The number of H-pyrrole nitrogens is 2. The Bertz CT molecular complexity index is 612. The highest BCUT2D eigenvalue weighted by atomic mass is 35.5. The van der Waals surface area contributed by atoms with E-state index in [1.54, 1.807) is 18.6 Å². The van der Waals surface area contributed by atoms with Gasteiger partial charge < -0.3 is 9.97 Å². The van der Waals surface area contributed by atoms with Gasteiger partial charge in [-0.05, 0) is 0 Å². The zero-order valence-electron chi connectivity index (χ0n) is 8.64. The summed E-state index contributed by atoms with van der Waals surface area (Å²) in [6.45, 7) is 0. The molecule has 0 aliphatic carbocycles. The van der Waals surface area contributed by atoms with Crippen LogP contribution in [0.5, 0.6) is 0 Å². The predicted octanol–water partition coefficient (Wildman–Crippen LogP) is 2.50. The van der Waals surface area contributed by atoms with E-state index >= 15 is 0 Å². The molecule has 0 spiro atoms. The second-order valence-corrected chi connectivity index (χ2v) is 4.77. The van der Waals surface area contributed by atoms with Gasteiger partial charge in [0.25, 0.3) is 0 Å². The summed E-state index contributed by atoms with van der Waals surface area (Å²) in [6, 6.07) is 0. The summed E-state index contributed by atoms with van der Waals surface area (Å²) in [7, 11) is 0. The quantitative estimate of drug-likeness (QED) is 0.764. The van der Waals surface area contributed by atoms with E-state index in [2.05, 4.69) is 24.9 Å². The number of nitrogens with zero attached hydrogens (tertiary/aromatic N) is 3. The van der Waals surface area contributed by atoms with E-state index in [1.807, 2.05) is 5.38 Å². The van der Waals surface area contributed by atoms with Gasteiger partial charge in [-0.1, -0.05) is 11.6 Å². The van der Waals surface area contributed by atoms with Crippen molar-refractivity contribution in [3.8, 4) is 11.6 Å². The fourth-order valence-corrected chi connectivity index (χ4v) is 2.46. The van der Waals surface area contributed by atoms with Gasteiger partial charge in [-0.25, -0.2) is 15.0 Å². The van der Waals surface area contributed by atoms with Crippen LogP contribution in [0.25, 0.3) is 11.6 Å². The van der Waals surface area contributed by atoms with Crippen LogP contribution < -0.4 is 0 Å². The van der Waals surface area contributed by atoms with Crippen LogP contribution in [0.15, 0.2) is 24.0 Å². The van der Waals surface area contributed by atoms with E-state index in [1.165, 1.54) is 11.3 Å². The van der Waals surface area contributed by atoms with Gasteiger partial charge in [0.1, 0.15) is 10.2 Å². The Morgan fingerprint density at radius 3 is 2.94 bits per heavy atom. The number of hydrogen-bond acceptors (Lipinski definition) is 4. The normalized spacial score (nSPS) is 10.9. The van der Waals surface area contributed by atoms with Crippen molar-refractivity contribution >= 4 is 22.9 Å². The first-order valence-electron chi connectivity index (χ1n) is 4.95. The van der Waals surface area contributed by atoms with Gasteiger partial charge >= 0.3 is 0 Å². The van der Waals surface area contributed by atoms with Gasteiger partial charge in [-0.15, -0.1) is 11.3 Å². The lowest BCUT2D eigenvalue weighted by Crippen LogP contribution is -1.88. The number of aromatic nitrogens is 5. The number of imidazole rings is 2. The van der Waals surface area contributed by atoms with Crippen molar-refractivity contribution in [3.05, 3.63) is 39.8 Å². The van der Waals surface area contributed by atoms with Crippen molar-refractivity contribution in [2.45, 2.75) is 6.42 Å². The molecule has 5 nitrogen and oxygen atoms in total. The fraction of sp³-hybridized carbons (Fsp3) is 0.100. The topological polar surface area (TPSA) is 70.2 Å². The molecule has 0 unspecified atom stereocenters. The summed E-state index contributed by atoms with van der Waals surface area (Å²) >= 11 is 7.31. The molecule has 0 atom stereocenters. The molecule has 0 aliphatic rings. The maximum absolute atomic E-state index is 5.77. The molecule has 0 amide bonds. The van der Waals surface area contributed by atoms with Gasteiger partial charge in [-0.3, -0.25) is 0 Å². The Labute approximate surface area is 106 Å². The zero-order chi connectivity index (χ0) is 11.7. The first kappa shape index (κ1) is 10.5. The Morgan fingerprint density at radius 2 is 2.24 bits per heavy atom. The minimum Gasteiger partial charge on any atom is -0.342 e. The molecule has 17 heavy (non-hydrogen) atoms. The highest BCUT2D eigenvalue weighted by molar-refractivity contribution is 7.10. The first-order chi connectivity index (χ1) is 8.31. The van der Waals surface area contributed by atoms with Crippen molar-refractivity contribution in [2.24, 2.45) is 0 Å². The van der Waals surface area contributed by atoms with Crippen LogP contribution in [0.4, 0.5) is 0 Å². The number of hydrogen-bond donors (Lipinski definition) is 2. The summed E-state index contributed by atoms with van der Waals surface area (Å²) < 4.78 is 0. The van der Waals surface area contributed by atoms with Gasteiger partial charge in [0.15, 0.2) is 11.6 Å². The van der Waals surface area contributed by atoms with E-state index in [-0.39, 0.29) is 0 Å². The third-order valence-corrected chi connectivity index (χ3v) is 3.39. The average molecular weight is 266 g/mol. The van der Waals surface area contributed by atoms with Crippen molar-refractivity contribution in [1.82, 2.24) is 24.9 Å². The third kappa shape index (κ3) is 2.22. The van der Waals surface area contributed by atoms with Crippen molar-refractivity contribution in [2.75, 3.05) is 0 Å². The maximum Gasteiger partial charge on any atom is 0.173 e. The van der Waals surface area contributed by atoms with E-state index in [0.717, 1.165) is 22.4 Å². The standard InChI is InChI=1S/C10H8ClN5S/c11-7-5-17-8(16-7)3-6-4-14-10(15-6)9-12-1-2-13-9/h1-2,4-5H,3H2,(H,12,13)(H,14,15). The summed E-state index contributed by atoms with van der Waals surface area (Å²) in [6.07, 6.45) is 5.94. The molecule has 3 heterocycles. The Morgan fingerprint density at radius 1 is 1.29 bits per heavy atom. The van der Waals surface area contributed by atoms with Crippen molar-refractivity contribution < 1.29 is 0 Å². The molecule has 7 heteroatoms. The maximum atomic E-state index is 5.77. The SMILES string of the molecule is Clc1csc(Cc2cnc(-c3ncc[nH]3)[nH]2)n1. The minimum absolute atomic E-state index is 0.538. The van der Waals surface area contributed by atoms with Gasteiger partial charge in [-0.2, -0.15) is 0 Å². The zero-order valence-corrected chi connectivity index (χ0v) is 10.2. The third-order valence-electron chi connectivity index (χ3n) is 2.22. The monoisotopic (exact) mass is 265 g/mol. The molecule has 3 aromatic rings. The van der Waals surface area contributed by atoms with E-state index < -0.39 is 0 Å². The number of halogens is 1. The van der Waals surface area contributed by atoms with Crippen molar-refractivity contribution in [3.63, 3.8) is 0 Å². The van der Waals surface area contributed by atoms with Gasteiger partial charge in [0.05, 0.1) is 0 Å². The molecule has 0 saturated carbocycles. The van der Waals surface area contributed by atoms with Crippen LogP contribution in [0.3, 0.4) is 0 Å². The van der Waals surface area contributed by atoms with Crippen LogP contribution >= 0.6 is 22.9 Å². The lowest BCUT2D eigenvalue weighted by molar-refractivity contribution is 1.07. The fourth-order valence-electron chi connectivity index (χ4n) is 1.50. The summed E-state index contributed by atoms with van der Waals surface area (Å²) in [4.78, 5) is 18.8. The smallest absolute Gasteiger partial charge is 0.173 e. The summed E-state index contributed by atoms with van der Waals surface area (Å²) in [5.74, 6) is 1.46. The lowest BCUT2D eigenvalue weighted by atomic mass is 10.3. The minimum atomic E-state index is 0.538. The van der Waals surface area contributed by atoms with Crippen LogP contribution in [0, 0.1) is 0 Å².